The van der Waals surface area contributed by atoms with Crippen molar-refractivity contribution in [3.63, 3.8) is 0 Å². The molecule has 6 nitrogen and oxygen atoms in total. The highest BCUT2D eigenvalue weighted by atomic mass is 16.4. The van der Waals surface area contributed by atoms with Crippen LogP contribution in [0.3, 0.4) is 0 Å². The average Bonchev–Trinajstić information content (AvgIpc) is 2.76. The number of aliphatic carboxylic acids is 1. The zero-order valence-corrected chi connectivity index (χ0v) is 15.4. The number of anilines is 1. The summed E-state index contributed by atoms with van der Waals surface area (Å²) >= 11 is 0. The normalized spacial score (nSPS) is 18.8. The van der Waals surface area contributed by atoms with Gasteiger partial charge in [0.2, 0.25) is 5.91 Å². The van der Waals surface area contributed by atoms with Crippen LogP contribution in [0.5, 0.6) is 0 Å². The summed E-state index contributed by atoms with van der Waals surface area (Å²) in [7, 11) is 1.86. The summed E-state index contributed by atoms with van der Waals surface area (Å²) in [6, 6.07) is 6.20. The molecule has 0 aliphatic carbocycles. The molecule has 1 heterocycles. The van der Waals surface area contributed by atoms with Crippen LogP contribution in [0.4, 0.5) is 5.69 Å². The number of hydrogen-bond acceptors (Lipinski definition) is 4. The van der Waals surface area contributed by atoms with Crippen LogP contribution in [0.15, 0.2) is 18.2 Å². The van der Waals surface area contributed by atoms with Crippen molar-refractivity contribution < 1.29 is 14.7 Å². The Kier molecular flexibility index (Phi) is 6.96. The van der Waals surface area contributed by atoms with Crippen molar-refractivity contribution in [3.8, 4) is 0 Å². The quantitative estimate of drug-likeness (QED) is 0.825. The Bertz CT molecular complexity index is 618. The molecule has 6 heteroatoms. The molecule has 1 aliphatic heterocycles. The van der Waals surface area contributed by atoms with E-state index in [-0.39, 0.29) is 18.5 Å². The molecule has 1 saturated heterocycles. The molecule has 0 saturated carbocycles. The van der Waals surface area contributed by atoms with Crippen molar-refractivity contribution in [2.75, 3.05) is 38.5 Å². The molecule has 1 aromatic carbocycles. The molecule has 0 aromatic heterocycles. The van der Waals surface area contributed by atoms with Crippen molar-refractivity contribution in [1.29, 1.82) is 0 Å². The molecule has 0 radical (unpaired) electrons. The van der Waals surface area contributed by atoms with Gasteiger partial charge in [0, 0.05) is 18.3 Å². The number of likely N-dealkylation sites (N-methyl/N-ethyl adjacent to an activating group) is 1. The number of amides is 1. The van der Waals surface area contributed by atoms with E-state index in [0.29, 0.717) is 6.54 Å². The van der Waals surface area contributed by atoms with Gasteiger partial charge in [0.15, 0.2) is 0 Å². The standard InChI is InChI=1S/C19H29N3O3/c1-14-6-7-16(11-15(14)2)20-18(23)12-22-9-4-5-17(8-10-22)21(3)13-19(24)25/h6-7,11,17H,4-5,8-10,12-13H2,1-3H3,(H,20,23)(H,24,25). The Morgan fingerprint density at radius 1 is 1.24 bits per heavy atom. The van der Waals surface area contributed by atoms with Crippen LogP contribution in [0, 0.1) is 13.8 Å². The van der Waals surface area contributed by atoms with E-state index in [1.807, 2.05) is 37.1 Å². The minimum absolute atomic E-state index is 0.000550. The van der Waals surface area contributed by atoms with Gasteiger partial charge in [-0.15, -0.1) is 0 Å². The molecule has 1 aromatic rings. The van der Waals surface area contributed by atoms with E-state index in [9.17, 15) is 9.59 Å². The van der Waals surface area contributed by atoms with E-state index in [1.165, 1.54) is 5.56 Å². The summed E-state index contributed by atoms with van der Waals surface area (Å²) in [5.74, 6) is -0.794. The number of aryl methyl sites for hydroxylation is 2. The lowest BCUT2D eigenvalue weighted by Crippen LogP contribution is -2.37. The molecule has 138 valence electrons. The third kappa shape index (κ3) is 6.14. The lowest BCUT2D eigenvalue weighted by molar-refractivity contribution is -0.138. The summed E-state index contributed by atoms with van der Waals surface area (Å²) in [4.78, 5) is 27.2. The maximum atomic E-state index is 12.3. The fourth-order valence-corrected chi connectivity index (χ4v) is 3.30. The van der Waals surface area contributed by atoms with E-state index >= 15 is 0 Å². The third-order valence-electron chi connectivity index (χ3n) is 4.96. The summed E-state index contributed by atoms with van der Waals surface area (Å²) in [5, 5.41) is 11.9. The van der Waals surface area contributed by atoms with Gasteiger partial charge < -0.3 is 10.4 Å². The summed E-state index contributed by atoms with van der Waals surface area (Å²) in [5.41, 5.74) is 3.21. The van der Waals surface area contributed by atoms with E-state index in [4.69, 9.17) is 5.11 Å². The lowest BCUT2D eigenvalue weighted by Gasteiger charge is -2.25. The lowest BCUT2D eigenvalue weighted by atomic mass is 10.1. The Balaban J connectivity index is 1.83. The van der Waals surface area contributed by atoms with Gasteiger partial charge in [0.25, 0.3) is 0 Å². The smallest absolute Gasteiger partial charge is 0.317 e. The number of carboxylic acid groups (broad SMARTS) is 1. The second kappa shape index (κ2) is 8.97. The Hall–Kier alpha value is -1.92. The summed E-state index contributed by atoms with van der Waals surface area (Å²) < 4.78 is 0. The van der Waals surface area contributed by atoms with Crippen LogP contribution in [-0.4, -0.2) is 66.1 Å². The van der Waals surface area contributed by atoms with Gasteiger partial charge in [-0.05, 0) is 70.0 Å². The molecule has 1 atom stereocenters. The SMILES string of the molecule is Cc1ccc(NC(=O)CN2CCCC(N(C)CC(=O)O)CC2)cc1C. The molecule has 0 spiro atoms. The monoisotopic (exact) mass is 347 g/mol. The maximum absolute atomic E-state index is 12.3. The fourth-order valence-electron chi connectivity index (χ4n) is 3.30. The molecule has 1 fully saturated rings. The zero-order chi connectivity index (χ0) is 18.4. The third-order valence-corrected chi connectivity index (χ3v) is 4.96. The Labute approximate surface area is 149 Å². The molecular formula is C19H29N3O3. The molecular weight excluding hydrogens is 318 g/mol. The van der Waals surface area contributed by atoms with Crippen molar-refractivity contribution in [3.05, 3.63) is 29.3 Å². The number of rotatable bonds is 6. The predicted molar refractivity (Wildman–Crippen MR) is 98.9 cm³/mol. The van der Waals surface area contributed by atoms with E-state index < -0.39 is 5.97 Å². The van der Waals surface area contributed by atoms with E-state index in [0.717, 1.165) is 43.6 Å². The highest BCUT2D eigenvalue weighted by molar-refractivity contribution is 5.92. The van der Waals surface area contributed by atoms with Gasteiger partial charge in [0.05, 0.1) is 13.1 Å². The van der Waals surface area contributed by atoms with Crippen LogP contribution in [0.1, 0.15) is 30.4 Å². The van der Waals surface area contributed by atoms with Gasteiger partial charge in [0.1, 0.15) is 0 Å². The summed E-state index contributed by atoms with van der Waals surface area (Å²) in [6.45, 7) is 6.22. The molecule has 2 N–H and O–H groups in total. The second-order valence-electron chi connectivity index (χ2n) is 7.02. The van der Waals surface area contributed by atoms with E-state index in [1.54, 1.807) is 0 Å². The minimum Gasteiger partial charge on any atom is -0.480 e. The van der Waals surface area contributed by atoms with E-state index in [2.05, 4.69) is 17.1 Å². The van der Waals surface area contributed by atoms with Gasteiger partial charge in [-0.1, -0.05) is 6.07 Å². The van der Waals surface area contributed by atoms with Crippen molar-refractivity contribution in [1.82, 2.24) is 9.80 Å². The fraction of sp³-hybridized carbons (Fsp3) is 0.579. The highest BCUT2D eigenvalue weighted by Crippen LogP contribution is 2.17. The number of nitrogens with one attached hydrogen (secondary N) is 1. The van der Waals surface area contributed by atoms with Crippen LogP contribution in [0.2, 0.25) is 0 Å². The first-order valence-electron chi connectivity index (χ1n) is 8.86. The van der Waals surface area contributed by atoms with Gasteiger partial charge in [-0.2, -0.15) is 0 Å². The number of carbonyl (C=O) groups excluding carboxylic acids is 1. The first-order chi connectivity index (χ1) is 11.8. The Morgan fingerprint density at radius 2 is 2.00 bits per heavy atom. The number of carbonyl (C=O) groups is 2. The van der Waals surface area contributed by atoms with Crippen LogP contribution in [-0.2, 0) is 9.59 Å². The largest absolute Gasteiger partial charge is 0.480 e. The first-order valence-corrected chi connectivity index (χ1v) is 8.86. The molecule has 0 bridgehead atoms. The van der Waals surface area contributed by atoms with Crippen LogP contribution >= 0.6 is 0 Å². The van der Waals surface area contributed by atoms with Crippen LogP contribution < -0.4 is 5.32 Å². The molecule has 2 rings (SSSR count). The first kappa shape index (κ1) is 19.4. The van der Waals surface area contributed by atoms with Crippen LogP contribution in [0.25, 0.3) is 0 Å². The van der Waals surface area contributed by atoms with Crippen molar-refractivity contribution in [2.45, 2.75) is 39.2 Å². The molecule has 25 heavy (non-hydrogen) atoms. The predicted octanol–water partition coefficient (Wildman–Crippen LogP) is 2.11. The maximum Gasteiger partial charge on any atom is 0.317 e. The highest BCUT2D eigenvalue weighted by Gasteiger charge is 2.22. The second-order valence-corrected chi connectivity index (χ2v) is 7.02. The molecule has 1 aliphatic rings. The minimum atomic E-state index is -0.795. The van der Waals surface area contributed by atoms with Gasteiger partial charge in [-0.25, -0.2) is 0 Å². The topological polar surface area (TPSA) is 72.9 Å². The number of nitrogens with zero attached hydrogens (tertiary/aromatic N) is 2. The zero-order valence-electron chi connectivity index (χ0n) is 15.4. The van der Waals surface area contributed by atoms with Crippen molar-refractivity contribution >= 4 is 17.6 Å². The number of likely N-dealkylation sites (tertiary alicyclic amines) is 1. The van der Waals surface area contributed by atoms with Crippen molar-refractivity contribution in [2.24, 2.45) is 0 Å². The number of hydrogen-bond donors (Lipinski definition) is 2. The number of carboxylic acids is 1. The average molecular weight is 347 g/mol. The molecule has 1 amide bonds. The van der Waals surface area contributed by atoms with Gasteiger partial charge >= 0.3 is 5.97 Å². The van der Waals surface area contributed by atoms with Gasteiger partial charge in [-0.3, -0.25) is 19.4 Å². The summed E-state index contributed by atoms with van der Waals surface area (Å²) in [6.07, 6.45) is 2.84. The molecule has 1 unspecified atom stereocenters. The number of benzene rings is 1. The Morgan fingerprint density at radius 3 is 2.68 bits per heavy atom.